The fourth-order valence-electron chi connectivity index (χ4n) is 2.02. The lowest BCUT2D eigenvalue weighted by Crippen LogP contribution is -2.43. The normalized spacial score (nSPS) is 10.8. The number of nitrogens with one attached hydrogen (secondary N) is 2. The second-order valence-electron chi connectivity index (χ2n) is 6.43. The van der Waals surface area contributed by atoms with Gasteiger partial charge in [0.1, 0.15) is 5.75 Å². The van der Waals surface area contributed by atoms with E-state index in [0.717, 1.165) is 0 Å². The van der Waals surface area contributed by atoms with E-state index >= 15 is 0 Å². The molecule has 0 fully saturated rings. The number of hydrogen-bond acceptors (Lipinski definition) is 3. The van der Waals surface area contributed by atoms with E-state index in [2.05, 4.69) is 31.6 Å². The molecule has 2 amide bonds. The molecule has 5 nitrogen and oxygen atoms in total. The first-order valence-electron chi connectivity index (χ1n) is 7.74. The lowest BCUT2D eigenvalue weighted by Gasteiger charge is -2.19. The van der Waals surface area contributed by atoms with E-state index in [1.165, 1.54) is 5.56 Å². The first-order valence-corrected chi connectivity index (χ1v) is 7.74. The molecular formula is C19H22N2O3. The average molecular weight is 326 g/mol. The number of carbonyl (C=O) groups is 2. The summed E-state index contributed by atoms with van der Waals surface area (Å²) in [5.74, 6) is -0.204. The average Bonchev–Trinajstić information content (AvgIpc) is 2.58. The van der Waals surface area contributed by atoms with Crippen molar-refractivity contribution >= 4 is 11.8 Å². The van der Waals surface area contributed by atoms with Crippen LogP contribution >= 0.6 is 0 Å². The van der Waals surface area contributed by atoms with E-state index in [4.69, 9.17) is 4.74 Å². The van der Waals surface area contributed by atoms with Crippen LogP contribution in [-0.2, 0) is 10.2 Å². The third-order valence-corrected chi connectivity index (χ3v) is 3.44. The van der Waals surface area contributed by atoms with Crippen LogP contribution in [0.5, 0.6) is 5.75 Å². The first kappa shape index (κ1) is 17.5. The van der Waals surface area contributed by atoms with E-state index in [0.29, 0.717) is 11.3 Å². The highest BCUT2D eigenvalue weighted by Crippen LogP contribution is 2.24. The first-order chi connectivity index (χ1) is 11.4. The van der Waals surface area contributed by atoms with Crippen LogP contribution < -0.4 is 15.6 Å². The summed E-state index contributed by atoms with van der Waals surface area (Å²) in [6.07, 6.45) is 0. The van der Waals surface area contributed by atoms with Crippen LogP contribution in [0.4, 0.5) is 0 Å². The van der Waals surface area contributed by atoms with Gasteiger partial charge in [0.25, 0.3) is 11.8 Å². The number of carbonyl (C=O) groups excluding carboxylic acids is 2. The summed E-state index contributed by atoms with van der Waals surface area (Å²) >= 11 is 0. The van der Waals surface area contributed by atoms with Gasteiger partial charge in [0.05, 0.1) is 0 Å². The van der Waals surface area contributed by atoms with Crippen LogP contribution in [0, 0.1) is 0 Å². The van der Waals surface area contributed by atoms with Gasteiger partial charge in [-0.25, -0.2) is 0 Å². The van der Waals surface area contributed by atoms with Gasteiger partial charge in [0, 0.05) is 5.56 Å². The summed E-state index contributed by atoms with van der Waals surface area (Å²) in [5, 5.41) is 0. The Morgan fingerprint density at radius 2 is 1.54 bits per heavy atom. The van der Waals surface area contributed by atoms with Crippen molar-refractivity contribution in [3.8, 4) is 5.75 Å². The van der Waals surface area contributed by atoms with Crippen LogP contribution in [0.25, 0.3) is 0 Å². The molecule has 0 saturated heterocycles. The Hall–Kier alpha value is -2.82. The molecule has 0 aliphatic heterocycles. The molecule has 0 aliphatic rings. The maximum absolute atomic E-state index is 11.8. The summed E-state index contributed by atoms with van der Waals surface area (Å²) in [7, 11) is 0. The van der Waals surface area contributed by atoms with Crippen molar-refractivity contribution in [3.63, 3.8) is 0 Å². The number of rotatable bonds is 4. The minimum Gasteiger partial charge on any atom is -0.484 e. The van der Waals surface area contributed by atoms with Crippen molar-refractivity contribution in [2.24, 2.45) is 0 Å². The van der Waals surface area contributed by atoms with Gasteiger partial charge in [-0.15, -0.1) is 0 Å². The summed E-state index contributed by atoms with van der Waals surface area (Å²) < 4.78 is 5.41. The summed E-state index contributed by atoms with van der Waals surface area (Å²) in [4.78, 5) is 23.5. The summed E-state index contributed by atoms with van der Waals surface area (Å²) in [6.45, 7) is 6.22. The summed E-state index contributed by atoms with van der Waals surface area (Å²) in [6, 6.07) is 16.3. The molecule has 0 atom stereocenters. The van der Waals surface area contributed by atoms with Gasteiger partial charge < -0.3 is 4.74 Å². The van der Waals surface area contributed by atoms with Gasteiger partial charge in [-0.05, 0) is 35.2 Å². The van der Waals surface area contributed by atoms with Gasteiger partial charge in [-0.1, -0.05) is 51.1 Å². The van der Waals surface area contributed by atoms with E-state index in [9.17, 15) is 9.59 Å². The molecule has 0 unspecified atom stereocenters. The maximum atomic E-state index is 11.8. The Kier molecular flexibility index (Phi) is 5.58. The van der Waals surface area contributed by atoms with Crippen molar-refractivity contribution in [1.82, 2.24) is 10.9 Å². The molecule has 126 valence electrons. The Labute approximate surface area is 142 Å². The van der Waals surface area contributed by atoms with Crippen molar-refractivity contribution in [2.75, 3.05) is 6.61 Å². The van der Waals surface area contributed by atoms with Crippen LogP contribution in [0.2, 0.25) is 0 Å². The van der Waals surface area contributed by atoms with Crippen molar-refractivity contribution in [3.05, 3.63) is 65.7 Å². The van der Waals surface area contributed by atoms with E-state index in [-0.39, 0.29) is 17.9 Å². The van der Waals surface area contributed by atoms with Crippen molar-refractivity contribution < 1.29 is 14.3 Å². The largest absolute Gasteiger partial charge is 0.484 e. The predicted molar refractivity (Wildman–Crippen MR) is 92.7 cm³/mol. The smallest absolute Gasteiger partial charge is 0.276 e. The Bertz CT molecular complexity index is 689. The number of hydrazine groups is 1. The molecule has 0 heterocycles. The molecule has 0 aliphatic carbocycles. The van der Waals surface area contributed by atoms with Crippen molar-refractivity contribution in [2.45, 2.75) is 26.2 Å². The van der Waals surface area contributed by atoms with Gasteiger partial charge >= 0.3 is 0 Å². The highest BCUT2D eigenvalue weighted by Gasteiger charge is 2.13. The minimum atomic E-state index is -0.431. The monoisotopic (exact) mass is 326 g/mol. The van der Waals surface area contributed by atoms with Crippen LogP contribution in [0.1, 0.15) is 36.7 Å². The van der Waals surface area contributed by atoms with E-state index in [1.54, 1.807) is 24.3 Å². The highest BCUT2D eigenvalue weighted by atomic mass is 16.5. The Balaban J connectivity index is 1.78. The van der Waals surface area contributed by atoms with E-state index < -0.39 is 5.91 Å². The molecule has 0 spiro atoms. The van der Waals surface area contributed by atoms with Gasteiger partial charge in [-0.3, -0.25) is 20.4 Å². The number of ether oxygens (including phenoxy) is 1. The molecule has 5 heteroatoms. The van der Waals surface area contributed by atoms with Crippen LogP contribution in [0.3, 0.4) is 0 Å². The van der Waals surface area contributed by atoms with Gasteiger partial charge in [-0.2, -0.15) is 0 Å². The van der Waals surface area contributed by atoms with Gasteiger partial charge in [0.15, 0.2) is 6.61 Å². The molecule has 0 radical (unpaired) electrons. The fourth-order valence-corrected chi connectivity index (χ4v) is 2.02. The summed E-state index contributed by atoms with van der Waals surface area (Å²) in [5.41, 5.74) is 6.39. The molecule has 24 heavy (non-hydrogen) atoms. The lowest BCUT2D eigenvalue weighted by molar-refractivity contribution is -0.123. The van der Waals surface area contributed by atoms with E-state index in [1.807, 2.05) is 30.3 Å². The molecular weight excluding hydrogens is 304 g/mol. The SMILES string of the molecule is CC(C)(C)c1ccc(OCC(=O)NNC(=O)c2ccccc2)cc1. The zero-order chi connectivity index (χ0) is 17.6. The molecule has 2 aromatic carbocycles. The standard InChI is InChI=1S/C19H22N2O3/c1-19(2,3)15-9-11-16(12-10-15)24-13-17(22)20-21-18(23)14-7-5-4-6-8-14/h4-12H,13H2,1-3H3,(H,20,22)(H,21,23). The Morgan fingerprint density at radius 3 is 2.12 bits per heavy atom. The topological polar surface area (TPSA) is 67.4 Å². The Morgan fingerprint density at radius 1 is 0.917 bits per heavy atom. The second kappa shape index (κ2) is 7.64. The van der Waals surface area contributed by atoms with Crippen molar-refractivity contribution in [1.29, 1.82) is 0 Å². The molecule has 2 N–H and O–H groups in total. The minimum absolute atomic E-state index is 0.0671. The zero-order valence-electron chi connectivity index (χ0n) is 14.1. The lowest BCUT2D eigenvalue weighted by atomic mass is 9.87. The number of benzene rings is 2. The zero-order valence-corrected chi connectivity index (χ0v) is 14.1. The molecule has 0 aromatic heterocycles. The third-order valence-electron chi connectivity index (χ3n) is 3.44. The van der Waals surface area contributed by atoms with Gasteiger partial charge in [0.2, 0.25) is 0 Å². The highest BCUT2D eigenvalue weighted by molar-refractivity contribution is 5.95. The molecule has 2 rings (SSSR count). The molecule has 0 bridgehead atoms. The fraction of sp³-hybridized carbons (Fsp3) is 0.263. The molecule has 2 aromatic rings. The molecule has 0 saturated carbocycles. The number of hydrogen-bond donors (Lipinski definition) is 2. The number of amides is 2. The third kappa shape index (κ3) is 5.12. The van der Waals surface area contributed by atoms with Crippen LogP contribution in [-0.4, -0.2) is 18.4 Å². The quantitative estimate of drug-likeness (QED) is 0.849. The van der Waals surface area contributed by atoms with Crippen LogP contribution in [0.15, 0.2) is 54.6 Å². The predicted octanol–water partition coefficient (Wildman–Crippen LogP) is 2.82. The second-order valence-corrected chi connectivity index (χ2v) is 6.43. The maximum Gasteiger partial charge on any atom is 0.276 e.